The summed E-state index contributed by atoms with van der Waals surface area (Å²) in [7, 11) is 0. The molecule has 0 bridgehead atoms. The van der Waals surface area contributed by atoms with E-state index < -0.39 is 11.2 Å². The molecule has 0 amide bonds. The van der Waals surface area contributed by atoms with Gasteiger partial charge in [0.05, 0.1) is 0 Å². The summed E-state index contributed by atoms with van der Waals surface area (Å²) < 4.78 is 12.5. The maximum Gasteiger partial charge on any atom is 0.255 e. The molecule has 1 aromatic heterocycles. The Morgan fingerprint density at radius 2 is 1.70 bits per heavy atom. The zero-order valence-corrected chi connectivity index (χ0v) is 11.9. The summed E-state index contributed by atoms with van der Waals surface area (Å²) in [6.45, 7) is 0. The lowest BCUT2D eigenvalue weighted by atomic mass is 10.2. The van der Waals surface area contributed by atoms with E-state index in [-0.39, 0.29) is 5.56 Å². The number of fused-ring (bicyclic) bond motifs is 1. The summed E-state index contributed by atoms with van der Waals surface area (Å²) in [6.07, 6.45) is 1.58. The number of hydrogen-bond donors (Lipinski definition) is 1. The minimum absolute atomic E-state index is 0.147. The van der Waals surface area contributed by atoms with E-state index in [0.717, 1.165) is 5.39 Å². The molecule has 1 heterocycles. The summed E-state index contributed by atoms with van der Waals surface area (Å²) in [5.74, 6) is 0. The number of aromatic nitrogens is 1. The van der Waals surface area contributed by atoms with Crippen LogP contribution in [0.4, 0.5) is 0 Å². The molecule has 3 nitrogen and oxygen atoms in total. The van der Waals surface area contributed by atoms with Crippen molar-refractivity contribution >= 4 is 33.5 Å². The monoisotopic (exact) mass is 303 g/mol. The highest BCUT2D eigenvalue weighted by atomic mass is 35.5. The molecule has 20 heavy (non-hydrogen) atoms. The Morgan fingerprint density at radius 1 is 1.00 bits per heavy atom. The van der Waals surface area contributed by atoms with Gasteiger partial charge in [-0.25, -0.2) is 0 Å². The molecule has 3 aromatic rings. The maximum absolute atomic E-state index is 12.5. The van der Waals surface area contributed by atoms with Gasteiger partial charge in [-0.2, -0.15) is 0 Å². The fraction of sp³-hybridized carbons (Fsp3) is 0. The molecule has 0 saturated carbocycles. The molecule has 3 rings (SSSR count). The van der Waals surface area contributed by atoms with Crippen LogP contribution in [0, 0.1) is 0 Å². The summed E-state index contributed by atoms with van der Waals surface area (Å²) in [5, 5.41) is 1.97. The molecule has 5 heteroatoms. The summed E-state index contributed by atoms with van der Waals surface area (Å²) >= 11 is 4.53. The molecule has 0 aliphatic heterocycles. The molecule has 0 radical (unpaired) electrons. The zero-order valence-electron chi connectivity index (χ0n) is 10.3. The Bertz CT molecular complexity index is 814. The number of halogens is 1. The van der Waals surface area contributed by atoms with Crippen molar-refractivity contribution in [1.82, 2.24) is 4.98 Å². The topological polar surface area (TPSA) is 55.9 Å². The van der Waals surface area contributed by atoms with Gasteiger partial charge in [-0.3, -0.25) is 4.79 Å². The van der Waals surface area contributed by atoms with Gasteiger partial charge in [0.2, 0.25) is 0 Å². The van der Waals surface area contributed by atoms with Crippen LogP contribution >= 0.6 is 11.6 Å². The van der Waals surface area contributed by atoms with E-state index in [1.54, 1.807) is 54.7 Å². The fourth-order valence-electron chi connectivity index (χ4n) is 1.98. The smallest absolute Gasteiger partial charge is 0.255 e. The van der Waals surface area contributed by atoms with E-state index in [4.69, 9.17) is 11.6 Å². The van der Waals surface area contributed by atoms with Gasteiger partial charge >= 0.3 is 0 Å². The minimum Gasteiger partial charge on any atom is -0.606 e. The van der Waals surface area contributed by atoms with Gasteiger partial charge in [-0.1, -0.05) is 11.6 Å². The number of nitrogens with one attached hydrogen (secondary N) is 1. The van der Waals surface area contributed by atoms with Crippen LogP contribution in [-0.2, 0) is 11.2 Å². The lowest BCUT2D eigenvalue weighted by Gasteiger charge is -2.10. The van der Waals surface area contributed by atoms with Crippen LogP contribution in [0.3, 0.4) is 0 Å². The lowest BCUT2D eigenvalue weighted by Crippen LogP contribution is -2.06. The summed E-state index contributed by atoms with van der Waals surface area (Å²) in [5.41, 5.74) is -0.147. The van der Waals surface area contributed by atoms with Crippen LogP contribution in [0.1, 0.15) is 0 Å². The maximum atomic E-state index is 12.5. The second-order valence-electron chi connectivity index (χ2n) is 4.28. The van der Waals surface area contributed by atoms with E-state index in [1.807, 2.05) is 0 Å². The van der Waals surface area contributed by atoms with Crippen molar-refractivity contribution < 1.29 is 4.55 Å². The molecular formula is C15H10ClNO2S. The third-order valence-electron chi connectivity index (χ3n) is 2.99. The Morgan fingerprint density at radius 3 is 2.45 bits per heavy atom. The van der Waals surface area contributed by atoms with E-state index in [1.165, 1.54) is 0 Å². The molecule has 1 atom stereocenters. The van der Waals surface area contributed by atoms with Gasteiger partial charge in [0.15, 0.2) is 9.79 Å². The van der Waals surface area contributed by atoms with E-state index in [0.29, 0.717) is 20.2 Å². The first kappa shape index (κ1) is 13.2. The molecule has 100 valence electrons. The van der Waals surface area contributed by atoms with Crippen molar-refractivity contribution in [2.24, 2.45) is 0 Å². The molecule has 0 saturated heterocycles. The van der Waals surface area contributed by atoms with Crippen molar-refractivity contribution in [1.29, 1.82) is 0 Å². The third-order valence-corrected chi connectivity index (χ3v) is 4.62. The quantitative estimate of drug-likeness (QED) is 0.738. The van der Waals surface area contributed by atoms with E-state index in [2.05, 4.69) is 4.98 Å². The average Bonchev–Trinajstić information content (AvgIpc) is 2.47. The zero-order chi connectivity index (χ0) is 14.1. The molecule has 0 fully saturated rings. The second kappa shape index (κ2) is 5.32. The predicted octanol–water partition coefficient (Wildman–Crippen LogP) is 3.35. The fourth-order valence-corrected chi connectivity index (χ4v) is 3.19. The van der Waals surface area contributed by atoms with Crippen LogP contribution in [0.25, 0.3) is 10.8 Å². The molecule has 1 N–H and O–H groups in total. The van der Waals surface area contributed by atoms with Gasteiger partial charge < -0.3 is 9.54 Å². The van der Waals surface area contributed by atoms with Crippen molar-refractivity contribution in [3.8, 4) is 0 Å². The molecule has 0 aliphatic carbocycles. The van der Waals surface area contributed by atoms with Crippen LogP contribution in [0.15, 0.2) is 69.3 Å². The van der Waals surface area contributed by atoms with Crippen molar-refractivity contribution in [3.05, 3.63) is 70.1 Å². The highest BCUT2D eigenvalue weighted by molar-refractivity contribution is 7.91. The van der Waals surface area contributed by atoms with E-state index in [9.17, 15) is 9.35 Å². The average molecular weight is 304 g/mol. The first-order valence-corrected chi connectivity index (χ1v) is 7.47. The highest BCUT2D eigenvalue weighted by Crippen LogP contribution is 2.24. The van der Waals surface area contributed by atoms with Gasteiger partial charge in [0.1, 0.15) is 0 Å². The normalized spacial score (nSPS) is 12.5. The first-order valence-electron chi connectivity index (χ1n) is 5.94. The Balaban J connectivity index is 2.05. The van der Waals surface area contributed by atoms with Gasteiger partial charge in [-0.05, 0) is 47.9 Å². The number of rotatable bonds is 2. The van der Waals surface area contributed by atoms with Crippen molar-refractivity contribution in [3.63, 3.8) is 0 Å². The number of H-pyrrole nitrogens is 1. The van der Waals surface area contributed by atoms with Crippen LogP contribution < -0.4 is 5.56 Å². The SMILES string of the molecule is O=c1[nH]ccc2cc([S+]([O-])c3ccc(Cl)cc3)ccc12. The van der Waals surface area contributed by atoms with Gasteiger partial charge in [0.25, 0.3) is 5.56 Å². The Labute approximate surface area is 123 Å². The van der Waals surface area contributed by atoms with Crippen LogP contribution in [0.5, 0.6) is 0 Å². The number of pyridine rings is 1. The lowest BCUT2D eigenvalue weighted by molar-refractivity contribution is 0.595. The number of aromatic amines is 1. The third kappa shape index (κ3) is 2.45. The van der Waals surface area contributed by atoms with Crippen LogP contribution in [-0.4, -0.2) is 9.54 Å². The minimum atomic E-state index is -1.29. The Kier molecular flexibility index (Phi) is 3.53. The Hall–Kier alpha value is -1.75. The van der Waals surface area contributed by atoms with Crippen molar-refractivity contribution in [2.45, 2.75) is 9.79 Å². The molecule has 1 unspecified atom stereocenters. The van der Waals surface area contributed by atoms with Crippen molar-refractivity contribution in [2.75, 3.05) is 0 Å². The number of benzene rings is 2. The van der Waals surface area contributed by atoms with Gasteiger partial charge in [0, 0.05) is 33.8 Å². The molecule has 0 aliphatic rings. The van der Waals surface area contributed by atoms with Crippen LogP contribution in [0.2, 0.25) is 5.02 Å². The molecule has 0 spiro atoms. The predicted molar refractivity (Wildman–Crippen MR) is 80.7 cm³/mol. The first-order chi connectivity index (χ1) is 9.65. The van der Waals surface area contributed by atoms with Gasteiger partial charge in [-0.15, -0.1) is 0 Å². The summed E-state index contributed by atoms with van der Waals surface area (Å²) in [6, 6.07) is 13.9. The second-order valence-corrected chi connectivity index (χ2v) is 6.20. The largest absolute Gasteiger partial charge is 0.606 e. The summed E-state index contributed by atoms with van der Waals surface area (Å²) in [4.78, 5) is 15.6. The molecule has 2 aromatic carbocycles. The number of hydrogen-bond acceptors (Lipinski definition) is 2. The standard InChI is InChI=1S/C15H10ClNO2S/c16-11-1-3-12(4-2-11)20(19)13-5-6-14-10(9-13)7-8-17-15(14)18/h1-9H,(H,17,18). The highest BCUT2D eigenvalue weighted by Gasteiger charge is 2.15. The van der Waals surface area contributed by atoms with E-state index >= 15 is 0 Å². The molecular weight excluding hydrogens is 294 g/mol.